The molecule has 1 fully saturated rings. The zero-order chi connectivity index (χ0) is 8.97. The molecule has 0 aromatic carbocycles. The molecule has 1 rings (SSSR count). The van der Waals surface area contributed by atoms with E-state index >= 15 is 0 Å². The summed E-state index contributed by atoms with van der Waals surface area (Å²) in [5.41, 5.74) is 5.92. The Balaban J connectivity index is 2.06. The normalized spacial score (nSPS) is 30.0. The molecule has 0 aromatic rings. The lowest BCUT2D eigenvalue weighted by Crippen LogP contribution is -2.43. The van der Waals surface area contributed by atoms with Crippen molar-refractivity contribution in [2.45, 2.75) is 31.3 Å². The molecule has 0 aromatic heterocycles. The maximum atomic E-state index is 5.92. The first-order chi connectivity index (χ1) is 5.70. The standard InChI is InChI=1S/C9H21N3/c1-12(2)7-6-11-9-5-3-4-8(9)10/h8-9,11H,3-7,10H2,1-2H3. The molecule has 0 aliphatic heterocycles. The van der Waals surface area contributed by atoms with Gasteiger partial charge >= 0.3 is 0 Å². The molecule has 1 saturated carbocycles. The second kappa shape index (κ2) is 4.80. The van der Waals surface area contributed by atoms with Crippen LogP contribution in [0.4, 0.5) is 0 Å². The van der Waals surface area contributed by atoms with Gasteiger partial charge in [0, 0.05) is 25.2 Å². The number of hydrogen-bond donors (Lipinski definition) is 2. The highest BCUT2D eigenvalue weighted by Crippen LogP contribution is 2.16. The fourth-order valence-corrected chi connectivity index (χ4v) is 1.72. The maximum absolute atomic E-state index is 5.92. The zero-order valence-electron chi connectivity index (χ0n) is 8.21. The summed E-state index contributed by atoms with van der Waals surface area (Å²) in [7, 11) is 4.19. The van der Waals surface area contributed by atoms with Crippen LogP contribution >= 0.6 is 0 Å². The van der Waals surface area contributed by atoms with Gasteiger partial charge in [-0.2, -0.15) is 0 Å². The van der Waals surface area contributed by atoms with Crippen molar-refractivity contribution in [1.82, 2.24) is 10.2 Å². The first kappa shape index (κ1) is 9.96. The second-order valence-corrected chi connectivity index (χ2v) is 3.96. The third kappa shape index (κ3) is 3.09. The maximum Gasteiger partial charge on any atom is 0.0219 e. The van der Waals surface area contributed by atoms with Gasteiger partial charge in [0.2, 0.25) is 0 Å². The van der Waals surface area contributed by atoms with Crippen molar-refractivity contribution in [3.05, 3.63) is 0 Å². The van der Waals surface area contributed by atoms with E-state index in [1.165, 1.54) is 19.3 Å². The molecule has 2 unspecified atom stereocenters. The van der Waals surface area contributed by atoms with Gasteiger partial charge in [0.1, 0.15) is 0 Å². The highest BCUT2D eigenvalue weighted by atomic mass is 15.1. The van der Waals surface area contributed by atoms with E-state index in [1.807, 2.05) is 0 Å². The Kier molecular flexibility index (Phi) is 3.98. The van der Waals surface area contributed by atoms with Crippen molar-refractivity contribution >= 4 is 0 Å². The summed E-state index contributed by atoms with van der Waals surface area (Å²) >= 11 is 0. The lowest BCUT2D eigenvalue weighted by molar-refractivity contribution is 0.375. The van der Waals surface area contributed by atoms with E-state index in [2.05, 4.69) is 24.3 Å². The van der Waals surface area contributed by atoms with Gasteiger partial charge in [0.05, 0.1) is 0 Å². The molecule has 0 amide bonds. The highest BCUT2D eigenvalue weighted by Gasteiger charge is 2.22. The predicted molar refractivity (Wildman–Crippen MR) is 52.2 cm³/mol. The second-order valence-electron chi connectivity index (χ2n) is 3.96. The van der Waals surface area contributed by atoms with Crippen LogP contribution in [-0.2, 0) is 0 Å². The molecule has 3 nitrogen and oxygen atoms in total. The fourth-order valence-electron chi connectivity index (χ4n) is 1.72. The first-order valence-corrected chi connectivity index (χ1v) is 4.84. The predicted octanol–water partition coefficient (Wildman–Crippen LogP) is 0.0174. The SMILES string of the molecule is CN(C)CCNC1CCCC1N. The number of rotatable bonds is 4. The van der Waals surface area contributed by atoms with Crippen molar-refractivity contribution in [3.8, 4) is 0 Å². The van der Waals surface area contributed by atoms with Crippen molar-refractivity contribution in [2.75, 3.05) is 27.2 Å². The summed E-state index contributed by atoms with van der Waals surface area (Å²) in [6.07, 6.45) is 3.75. The summed E-state index contributed by atoms with van der Waals surface area (Å²) in [5, 5.41) is 3.50. The van der Waals surface area contributed by atoms with Gasteiger partial charge in [0.25, 0.3) is 0 Å². The smallest absolute Gasteiger partial charge is 0.0219 e. The molecule has 0 spiro atoms. The molecule has 2 atom stereocenters. The number of nitrogens with one attached hydrogen (secondary N) is 1. The molecule has 3 N–H and O–H groups in total. The van der Waals surface area contributed by atoms with Crippen molar-refractivity contribution < 1.29 is 0 Å². The van der Waals surface area contributed by atoms with Gasteiger partial charge in [0.15, 0.2) is 0 Å². The summed E-state index contributed by atoms with van der Waals surface area (Å²) in [6.45, 7) is 2.16. The van der Waals surface area contributed by atoms with E-state index in [-0.39, 0.29) is 0 Å². The van der Waals surface area contributed by atoms with Crippen LogP contribution in [0.25, 0.3) is 0 Å². The van der Waals surface area contributed by atoms with E-state index in [4.69, 9.17) is 5.73 Å². The highest BCUT2D eigenvalue weighted by molar-refractivity contribution is 4.85. The molecule has 0 heterocycles. The Bertz CT molecular complexity index is 125. The van der Waals surface area contributed by atoms with E-state index in [0.717, 1.165) is 13.1 Å². The molecule has 0 bridgehead atoms. The fraction of sp³-hybridized carbons (Fsp3) is 1.00. The van der Waals surface area contributed by atoms with E-state index < -0.39 is 0 Å². The van der Waals surface area contributed by atoms with Crippen LogP contribution in [0.1, 0.15) is 19.3 Å². The Labute approximate surface area is 75.3 Å². The minimum atomic E-state index is 0.396. The van der Waals surface area contributed by atoms with Gasteiger partial charge in [-0.05, 0) is 26.9 Å². The van der Waals surface area contributed by atoms with Gasteiger partial charge in [-0.1, -0.05) is 6.42 Å². The first-order valence-electron chi connectivity index (χ1n) is 4.84. The molecule has 0 saturated heterocycles. The topological polar surface area (TPSA) is 41.3 Å². The Morgan fingerprint density at radius 1 is 1.42 bits per heavy atom. The van der Waals surface area contributed by atoms with Crippen LogP contribution in [0.5, 0.6) is 0 Å². The van der Waals surface area contributed by atoms with Gasteiger partial charge in [-0.25, -0.2) is 0 Å². The van der Waals surface area contributed by atoms with Crippen LogP contribution in [0.15, 0.2) is 0 Å². The van der Waals surface area contributed by atoms with Gasteiger partial charge < -0.3 is 16.0 Å². The largest absolute Gasteiger partial charge is 0.326 e. The summed E-state index contributed by atoms with van der Waals surface area (Å²) < 4.78 is 0. The van der Waals surface area contributed by atoms with Crippen molar-refractivity contribution in [1.29, 1.82) is 0 Å². The Morgan fingerprint density at radius 3 is 2.67 bits per heavy atom. The third-order valence-corrected chi connectivity index (χ3v) is 2.53. The minimum Gasteiger partial charge on any atom is -0.326 e. The van der Waals surface area contributed by atoms with E-state index in [9.17, 15) is 0 Å². The summed E-state index contributed by atoms with van der Waals surface area (Å²) in [6, 6.07) is 0.970. The molecule has 1 aliphatic carbocycles. The quantitative estimate of drug-likeness (QED) is 0.626. The van der Waals surface area contributed by atoms with Crippen LogP contribution in [-0.4, -0.2) is 44.2 Å². The average molecular weight is 171 g/mol. The average Bonchev–Trinajstić information content (AvgIpc) is 2.36. The molecular weight excluding hydrogens is 150 g/mol. The number of hydrogen-bond acceptors (Lipinski definition) is 3. The monoisotopic (exact) mass is 171 g/mol. The molecule has 12 heavy (non-hydrogen) atoms. The number of nitrogens with two attached hydrogens (primary N) is 1. The van der Waals surface area contributed by atoms with Crippen molar-refractivity contribution in [2.24, 2.45) is 5.73 Å². The zero-order valence-corrected chi connectivity index (χ0v) is 8.21. The van der Waals surface area contributed by atoms with Crippen LogP contribution < -0.4 is 11.1 Å². The van der Waals surface area contributed by atoms with Gasteiger partial charge in [-0.15, -0.1) is 0 Å². The molecule has 72 valence electrons. The molecule has 0 radical (unpaired) electrons. The third-order valence-electron chi connectivity index (χ3n) is 2.53. The molecule has 3 heteroatoms. The van der Waals surface area contributed by atoms with Crippen LogP contribution in [0, 0.1) is 0 Å². The lowest BCUT2D eigenvalue weighted by Gasteiger charge is -2.18. The van der Waals surface area contributed by atoms with Crippen molar-refractivity contribution in [3.63, 3.8) is 0 Å². The molecule has 1 aliphatic rings. The Morgan fingerprint density at radius 2 is 2.17 bits per heavy atom. The Hall–Kier alpha value is -0.120. The van der Waals surface area contributed by atoms with Gasteiger partial charge in [-0.3, -0.25) is 0 Å². The summed E-state index contributed by atoms with van der Waals surface area (Å²) in [5.74, 6) is 0. The van der Waals surface area contributed by atoms with Crippen LogP contribution in [0.2, 0.25) is 0 Å². The summed E-state index contributed by atoms with van der Waals surface area (Å²) in [4.78, 5) is 2.19. The van der Waals surface area contributed by atoms with E-state index in [0.29, 0.717) is 12.1 Å². The minimum absolute atomic E-state index is 0.396. The number of nitrogens with zero attached hydrogens (tertiary/aromatic N) is 1. The number of likely N-dealkylation sites (N-methyl/N-ethyl adjacent to an activating group) is 1. The van der Waals surface area contributed by atoms with E-state index in [1.54, 1.807) is 0 Å². The molecular formula is C9H21N3. The lowest BCUT2D eigenvalue weighted by atomic mass is 10.2. The van der Waals surface area contributed by atoms with Crippen LogP contribution in [0.3, 0.4) is 0 Å².